The topological polar surface area (TPSA) is 464 Å². The summed E-state index contributed by atoms with van der Waals surface area (Å²) in [6, 6.07) is 0. The number of hydroxylamine groups is 1. The first-order chi connectivity index (χ1) is 67.3. The number of carbonyl (C=O) groups is 4. The van der Waals surface area contributed by atoms with Crippen LogP contribution in [-0.2, 0) is 199 Å². The van der Waals surface area contributed by atoms with Gasteiger partial charge in [-0.1, -0.05) is 0 Å². The monoisotopic (exact) mass is 2000 g/mol. The van der Waals surface area contributed by atoms with Crippen molar-refractivity contribution < 1.29 is 204 Å². The fraction of sp³-hybridized carbons (Fsp3) is 0.956. The average Bonchev–Trinajstić information content (AvgIpc) is 0.953. The van der Waals surface area contributed by atoms with Crippen LogP contribution in [0.5, 0.6) is 0 Å². The highest BCUT2D eigenvalue weighted by molar-refractivity contribution is 5.77. The molecule has 0 spiro atoms. The maximum atomic E-state index is 11.9. The Morgan fingerprint density at radius 3 is 0.460 bits per heavy atom. The van der Waals surface area contributed by atoms with E-state index in [9.17, 15) is 19.2 Å². The van der Waals surface area contributed by atoms with Crippen molar-refractivity contribution in [3.05, 3.63) is 0 Å². The predicted molar refractivity (Wildman–Crippen MR) is 495 cm³/mol. The summed E-state index contributed by atoms with van der Waals surface area (Å²) in [5.41, 5.74) is 1.00. The van der Waals surface area contributed by atoms with E-state index in [-0.39, 0.29) is 56.8 Å². The summed E-state index contributed by atoms with van der Waals surface area (Å²) in [5, 5.41) is 5.44. The second-order valence-corrected chi connectivity index (χ2v) is 30.4. The number of carbonyl (C=O) groups excluding carboxylic acids is 4. The maximum absolute atomic E-state index is 11.9. The van der Waals surface area contributed by atoms with Crippen molar-refractivity contribution in [3.63, 3.8) is 0 Å². The zero-order valence-corrected chi connectivity index (χ0v) is 83.9. The molecule has 0 aromatic heterocycles. The van der Waals surface area contributed by atoms with E-state index in [1.54, 1.807) is 20.8 Å². The second kappa shape index (κ2) is 114. The Kier molecular flexibility index (Phi) is 111. The Bertz CT molecular complexity index is 2350. The van der Waals surface area contributed by atoms with Gasteiger partial charge in [0.15, 0.2) is 0 Å². The van der Waals surface area contributed by atoms with E-state index in [4.69, 9.17) is 185 Å². The number of ether oxygens (including phenoxy) is 38. The van der Waals surface area contributed by atoms with Gasteiger partial charge in [-0.05, 0) is 48.0 Å². The Morgan fingerprint density at radius 1 is 0.161 bits per heavy atom. The molecule has 0 heterocycles. The van der Waals surface area contributed by atoms with Crippen LogP contribution in [0, 0.1) is 0 Å². The zero-order chi connectivity index (χ0) is 98.9. The molecule has 137 heavy (non-hydrogen) atoms. The number of hydrogen-bond acceptors (Lipinski definition) is 43. The molecule has 0 unspecified atom stereocenters. The number of hydrogen-bond donors (Lipinski definition) is 3. The van der Waals surface area contributed by atoms with E-state index in [0.29, 0.717) is 482 Å². The summed E-state index contributed by atoms with van der Waals surface area (Å²) in [4.78, 5) is 51.9. The van der Waals surface area contributed by atoms with Crippen LogP contribution in [0.1, 0.15) is 67.2 Å². The van der Waals surface area contributed by atoms with Crippen LogP contribution in [0.25, 0.3) is 0 Å². The highest BCUT2D eigenvalue weighted by Crippen LogP contribution is 2.11. The summed E-state index contributed by atoms with van der Waals surface area (Å²) in [5.74, 6) is -0.615. The molecule has 0 aliphatic carbocycles. The lowest BCUT2D eigenvalue weighted by molar-refractivity contribution is -0.155. The lowest BCUT2D eigenvalue weighted by Gasteiger charge is -2.19. The van der Waals surface area contributed by atoms with E-state index in [2.05, 4.69) is 16.1 Å². The van der Waals surface area contributed by atoms with Crippen LogP contribution in [0.3, 0.4) is 0 Å². The van der Waals surface area contributed by atoms with Gasteiger partial charge >= 0.3 is 12.1 Å². The molecule has 0 aliphatic heterocycles. The molecule has 3 N–H and O–H groups in total. The van der Waals surface area contributed by atoms with Crippen molar-refractivity contribution in [1.29, 1.82) is 0 Å². The van der Waals surface area contributed by atoms with Crippen LogP contribution in [0.15, 0.2) is 0 Å². The Balaban J connectivity index is 3.13. The molecular formula is C91H179N3O43. The van der Waals surface area contributed by atoms with Crippen molar-refractivity contribution in [2.24, 2.45) is 0 Å². The summed E-state index contributed by atoms with van der Waals surface area (Å²) in [6.45, 7) is 44.3. The third kappa shape index (κ3) is 124. The molecular weight excluding hydrogens is 1820 g/mol. The largest absolute Gasteiger partial charge is 0.460 e. The van der Waals surface area contributed by atoms with Gasteiger partial charge < -0.3 is 191 Å². The molecule has 0 saturated carbocycles. The van der Waals surface area contributed by atoms with Crippen LogP contribution >= 0.6 is 0 Å². The first-order valence-electron chi connectivity index (χ1n) is 48.4. The van der Waals surface area contributed by atoms with E-state index in [1.165, 1.54) is 0 Å². The molecule has 0 aliphatic rings. The van der Waals surface area contributed by atoms with Crippen LogP contribution in [-0.4, -0.2) is 530 Å². The molecule has 46 heteroatoms. The molecule has 3 amide bonds. The molecule has 0 rings (SSSR count). The van der Waals surface area contributed by atoms with Gasteiger partial charge in [0, 0.05) is 32.4 Å². The molecule has 0 aromatic carbocycles. The van der Waals surface area contributed by atoms with E-state index >= 15 is 0 Å². The van der Waals surface area contributed by atoms with Crippen molar-refractivity contribution in [2.75, 3.05) is 495 Å². The minimum Gasteiger partial charge on any atom is -0.460 e. The van der Waals surface area contributed by atoms with Crippen molar-refractivity contribution >= 4 is 23.9 Å². The normalized spacial score (nSPS) is 11.9. The Morgan fingerprint density at radius 2 is 0.299 bits per heavy atom. The third-order valence-electron chi connectivity index (χ3n) is 16.3. The lowest BCUT2D eigenvalue weighted by Crippen LogP contribution is -2.35. The highest BCUT2D eigenvalue weighted by atomic mass is 16.7. The number of nitrogens with one attached hydrogen (secondary N) is 3. The molecule has 0 fully saturated rings. The minimum atomic E-state index is -0.695. The Hall–Kier alpha value is -3.80. The molecule has 0 bridgehead atoms. The van der Waals surface area contributed by atoms with E-state index in [0.717, 1.165) is 0 Å². The quantitative estimate of drug-likeness (QED) is 0.0446. The first-order valence-corrected chi connectivity index (χ1v) is 48.4. The van der Waals surface area contributed by atoms with Gasteiger partial charge in [-0.15, -0.1) is 0 Å². The number of esters is 1. The summed E-state index contributed by atoms with van der Waals surface area (Å²) in [7, 11) is 0. The molecule has 0 atom stereocenters. The lowest BCUT2D eigenvalue weighted by atomic mass is 10.2. The minimum absolute atomic E-state index is 0.0996. The van der Waals surface area contributed by atoms with Gasteiger partial charge in [-0.3, -0.25) is 19.2 Å². The fourth-order valence-electron chi connectivity index (χ4n) is 9.84. The van der Waals surface area contributed by atoms with Crippen molar-refractivity contribution in [1.82, 2.24) is 16.1 Å². The molecule has 0 saturated heterocycles. The molecule has 46 nitrogen and oxygen atoms in total. The van der Waals surface area contributed by atoms with Gasteiger partial charge in [0.05, 0.1) is 482 Å². The third-order valence-corrected chi connectivity index (χ3v) is 16.3. The van der Waals surface area contributed by atoms with Crippen molar-refractivity contribution in [2.45, 2.75) is 78.4 Å². The standard InChI is InChI=1S/C91H179N3O43/c1-90(2,3)136-88(97)9-7-8-86(95)92-11-14-100-17-19-102-21-23-104-25-27-106-29-31-108-33-35-110-37-39-112-41-43-114-45-47-116-49-51-118-53-55-120-57-59-122-61-63-124-65-67-126-69-71-128-73-75-130-77-79-132-81-83-134-85-84-133-82-80-131-78-76-129-74-72-127-70-68-125-66-64-123-62-60-121-58-56-119-54-52-117-50-48-115-46-44-113-42-40-111-38-36-109-34-32-107-30-28-105-26-24-103-22-20-101-18-16-99-13-10-87(96)93-12-15-135-94-89(98)137-91(4,5)6/h7-85H2,1-6H3,(H,92,95)(H,93,96)(H,94,98). The summed E-state index contributed by atoms with van der Waals surface area (Å²) < 4.78 is 209. The molecule has 0 radical (unpaired) electrons. The highest BCUT2D eigenvalue weighted by Gasteiger charge is 2.18. The van der Waals surface area contributed by atoms with Gasteiger partial charge in [-0.2, -0.15) is 5.48 Å². The predicted octanol–water partition coefficient (Wildman–Crippen LogP) is 2.17. The molecule has 816 valence electrons. The van der Waals surface area contributed by atoms with Crippen molar-refractivity contribution in [3.8, 4) is 0 Å². The van der Waals surface area contributed by atoms with E-state index < -0.39 is 17.3 Å². The van der Waals surface area contributed by atoms with Crippen LogP contribution in [0.4, 0.5) is 4.79 Å². The Labute approximate surface area is 814 Å². The average molecular weight is 2000 g/mol. The van der Waals surface area contributed by atoms with Crippen LogP contribution in [0.2, 0.25) is 0 Å². The smallest absolute Gasteiger partial charge is 0.431 e. The van der Waals surface area contributed by atoms with Gasteiger partial charge in [0.25, 0.3) is 0 Å². The second-order valence-electron chi connectivity index (χ2n) is 30.4. The number of rotatable bonds is 119. The summed E-state index contributed by atoms with van der Waals surface area (Å²) in [6.07, 6.45) is 0.419. The maximum Gasteiger partial charge on any atom is 0.431 e. The SMILES string of the molecule is CC(C)(C)OC(=O)CCCC(=O)NCCOCCOCCOCCOCCOCCOCCOCCOCCOCCOCCOCCOCCOCCOCCOCCOCCOCCOCCOCCOCCOCCOCCOCCOCCOCCOCCOCCOCCOCCOCCOCCOCCOCCOCCOCCOCCC(=O)NCCONC(=O)OC(C)(C)C. The van der Waals surface area contributed by atoms with Crippen LogP contribution < -0.4 is 16.1 Å². The number of amides is 3. The van der Waals surface area contributed by atoms with Gasteiger partial charge in [0.1, 0.15) is 11.2 Å². The molecule has 0 aromatic rings. The fourth-order valence-corrected chi connectivity index (χ4v) is 9.84. The van der Waals surface area contributed by atoms with Gasteiger partial charge in [-0.25, -0.2) is 4.79 Å². The zero-order valence-electron chi connectivity index (χ0n) is 83.9. The summed E-state index contributed by atoms with van der Waals surface area (Å²) >= 11 is 0. The van der Waals surface area contributed by atoms with E-state index in [1.807, 2.05) is 20.8 Å². The van der Waals surface area contributed by atoms with Gasteiger partial charge in [0.2, 0.25) is 11.8 Å². The first kappa shape index (κ1) is 133.